The Balaban J connectivity index is 2.53. The summed E-state index contributed by atoms with van der Waals surface area (Å²) < 4.78 is 37.4. The van der Waals surface area contributed by atoms with Gasteiger partial charge in [-0.2, -0.15) is 13.2 Å². The third-order valence-corrected chi connectivity index (χ3v) is 3.51. The lowest BCUT2D eigenvalue weighted by molar-refractivity contribution is -0.137. The van der Waals surface area contributed by atoms with Crippen LogP contribution in [0.1, 0.15) is 44.2 Å². The first-order chi connectivity index (χ1) is 9.32. The number of halogens is 3. The average Bonchev–Trinajstić information content (AvgIpc) is 2.36. The zero-order valence-corrected chi connectivity index (χ0v) is 12.4. The first kappa shape index (κ1) is 17.0. The fourth-order valence-corrected chi connectivity index (χ4v) is 2.24. The SMILES string of the molecule is CNC(CCCC(C)C)Cc1ccc(C(F)(F)F)cc1. The third kappa shape index (κ3) is 5.95. The summed E-state index contributed by atoms with van der Waals surface area (Å²) in [5.74, 6) is 0.693. The zero-order valence-electron chi connectivity index (χ0n) is 12.4. The first-order valence-corrected chi connectivity index (χ1v) is 7.16. The van der Waals surface area contributed by atoms with Gasteiger partial charge in [-0.05, 0) is 43.5 Å². The van der Waals surface area contributed by atoms with E-state index in [0.29, 0.717) is 12.0 Å². The fourth-order valence-electron chi connectivity index (χ4n) is 2.24. The molecule has 0 aliphatic heterocycles. The van der Waals surface area contributed by atoms with E-state index in [2.05, 4.69) is 19.2 Å². The van der Waals surface area contributed by atoms with Crippen LogP contribution in [0.25, 0.3) is 0 Å². The molecule has 0 aliphatic carbocycles. The summed E-state index contributed by atoms with van der Waals surface area (Å²) in [7, 11) is 1.91. The van der Waals surface area contributed by atoms with Crippen molar-refractivity contribution in [3.05, 3.63) is 35.4 Å². The van der Waals surface area contributed by atoms with Gasteiger partial charge in [0.2, 0.25) is 0 Å². The molecule has 1 atom stereocenters. The van der Waals surface area contributed by atoms with Crippen molar-refractivity contribution in [1.82, 2.24) is 5.32 Å². The third-order valence-electron chi connectivity index (χ3n) is 3.51. The van der Waals surface area contributed by atoms with E-state index in [0.717, 1.165) is 37.0 Å². The van der Waals surface area contributed by atoms with E-state index < -0.39 is 11.7 Å². The molecule has 0 heterocycles. The van der Waals surface area contributed by atoms with Gasteiger partial charge in [0.05, 0.1) is 5.56 Å². The van der Waals surface area contributed by atoms with Gasteiger partial charge in [-0.1, -0.05) is 38.8 Å². The van der Waals surface area contributed by atoms with Crippen LogP contribution < -0.4 is 5.32 Å². The summed E-state index contributed by atoms with van der Waals surface area (Å²) >= 11 is 0. The standard InChI is InChI=1S/C16H24F3N/c1-12(2)5-4-6-15(20-3)11-13-7-9-14(10-8-13)16(17,18)19/h7-10,12,15,20H,4-6,11H2,1-3H3. The minimum Gasteiger partial charge on any atom is -0.317 e. The summed E-state index contributed by atoms with van der Waals surface area (Å²) in [5.41, 5.74) is 0.365. The van der Waals surface area contributed by atoms with Crippen LogP contribution in [0, 0.1) is 5.92 Å². The van der Waals surface area contributed by atoms with Crippen LogP contribution >= 0.6 is 0 Å². The highest BCUT2D eigenvalue weighted by atomic mass is 19.4. The molecule has 0 fully saturated rings. The van der Waals surface area contributed by atoms with Gasteiger partial charge < -0.3 is 5.32 Å². The number of rotatable bonds is 7. The Morgan fingerprint density at radius 2 is 1.65 bits per heavy atom. The normalized spacial score (nSPS) is 13.8. The maximum Gasteiger partial charge on any atom is 0.416 e. The van der Waals surface area contributed by atoms with Crippen molar-refractivity contribution in [1.29, 1.82) is 0 Å². The number of hydrogen-bond donors (Lipinski definition) is 1. The van der Waals surface area contributed by atoms with Crippen LogP contribution in [-0.4, -0.2) is 13.1 Å². The molecule has 0 saturated heterocycles. The Kier molecular flexibility index (Phi) is 6.53. The van der Waals surface area contributed by atoms with Crippen molar-refractivity contribution in [3.63, 3.8) is 0 Å². The molecule has 4 heteroatoms. The molecule has 1 rings (SSSR count). The predicted octanol–water partition coefficient (Wildman–Crippen LogP) is 4.66. The second kappa shape index (κ2) is 7.67. The molecule has 1 unspecified atom stereocenters. The van der Waals surface area contributed by atoms with E-state index in [4.69, 9.17) is 0 Å². The van der Waals surface area contributed by atoms with Crippen molar-refractivity contribution < 1.29 is 13.2 Å². The highest BCUT2D eigenvalue weighted by Gasteiger charge is 2.29. The van der Waals surface area contributed by atoms with Gasteiger partial charge in [0.1, 0.15) is 0 Å². The van der Waals surface area contributed by atoms with E-state index in [1.54, 1.807) is 12.1 Å². The molecule has 1 aromatic rings. The fraction of sp³-hybridized carbons (Fsp3) is 0.625. The van der Waals surface area contributed by atoms with E-state index in [-0.39, 0.29) is 0 Å². The molecule has 0 bridgehead atoms. The summed E-state index contributed by atoms with van der Waals surface area (Å²) in [6, 6.07) is 5.81. The molecule has 1 aromatic carbocycles. The van der Waals surface area contributed by atoms with Crippen LogP contribution in [0.3, 0.4) is 0 Å². The molecule has 0 radical (unpaired) electrons. The van der Waals surface area contributed by atoms with Gasteiger partial charge in [0, 0.05) is 6.04 Å². The van der Waals surface area contributed by atoms with Gasteiger partial charge in [-0.15, -0.1) is 0 Å². The lowest BCUT2D eigenvalue weighted by Crippen LogP contribution is -2.27. The molecule has 20 heavy (non-hydrogen) atoms. The van der Waals surface area contributed by atoms with Crippen LogP contribution in [0.4, 0.5) is 13.2 Å². The summed E-state index contributed by atoms with van der Waals surface area (Å²) in [6.07, 6.45) is -0.102. The van der Waals surface area contributed by atoms with Crippen molar-refractivity contribution in [3.8, 4) is 0 Å². The van der Waals surface area contributed by atoms with E-state index in [1.807, 2.05) is 7.05 Å². The van der Waals surface area contributed by atoms with Crippen molar-refractivity contribution in [2.45, 2.75) is 51.7 Å². The Labute approximate surface area is 119 Å². The largest absolute Gasteiger partial charge is 0.416 e. The molecule has 0 amide bonds. The Bertz CT molecular complexity index is 382. The molecule has 0 spiro atoms. The van der Waals surface area contributed by atoms with E-state index >= 15 is 0 Å². The maximum atomic E-state index is 12.5. The monoisotopic (exact) mass is 287 g/mol. The lowest BCUT2D eigenvalue weighted by atomic mass is 9.98. The van der Waals surface area contributed by atoms with Crippen molar-refractivity contribution in [2.24, 2.45) is 5.92 Å². The maximum absolute atomic E-state index is 12.5. The molecule has 0 saturated carbocycles. The molecular formula is C16H24F3N. The van der Waals surface area contributed by atoms with Crippen LogP contribution in [0.2, 0.25) is 0 Å². The highest BCUT2D eigenvalue weighted by Crippen LogP contribution is 2.29. The zero-order chi connectivity index (χ0) is 15.2. The lowest BCUT2D eigenvalue weighted by Gasteiger charge is -2.17. The molecule has 114 valence electrons. The molecule has 0 aliphatic rings. The molecule has 0 aromatic heterocycles. The predicted molar refractivity (Wildman–Crippen MR) is 76.7 cm³/mol. The summed E-state index contributed by atoms with van der Waals surface area (Å²) in [6.45, 7) is 4.40. The molecule has 1 nitrogen and oxygen atoms in total. The summed E-state index contributed by atoms with van der Waals surface area (Å²) in [4.78, 5) is 0. The smallest absolute Gasteiger partial charge is 0.317 e. The number of benzene rings is 1. The van der Waals surface area contributed by atoms with Crippen LogP contribution in [0.15, 0.2) is 24.3 Å². The summed E-state index contributed by atoms with van der Waals surface area (Å²) in [5, 5.41) is 3.25. The Hall–Kier alpha value is -1.03. The van der Waals surface area contributed by atoms with Crippen molar-refractivity contribution >= 4 is 0 Å². The first-order valence-electron chi connectivity index (χ1n) is 7.16. The molecule has 1 N–H and O–H groups in total. The van der Waals surface area contributed by atoms with Gasteiger partial charge in [-0.25, -0.2) is 0 Å². The topological polar surface area (TPSA) is 12.0 Å². The number of likely N-dealkylation sites (N-methyl/N-ethyl adjacent to an activating group) is 1. The van der Waals surface area contributed by atoms with E-state index in [9.17, 15) is 13.2 Å². The highest BCUT2D eigenvalue weighted by molar-refractivity contribution is 5.25. The van der Waals surface area contributed by atoms with Gasteiger partial charge in [0.25, 0.3) is 0 Å². The number of nitrogens with one attached hydrogen (secondary N) is 1. The van der Waals surface area contributed by atoms with Crippen molar-refractivity contribution in [2.75, 3.05) is 7.05 Å². The van der Waals surface area contributed by atoms with Crippen LogP contribution in [-0.2, 0) is 12.6 Å². The number of hydrogen-bond acceptors (Lipinski definition) is 1. The second-order valence-electron chi connectivity index (χ2n) is 5.71. The Morgan fingerprint density at radius 1 is 1.05 bits per heavy atom. The quantitative estimate of drug-likeness (QED) is 0.769. The van der Waals surface area contributed by atoms with Crippen LogP contribution in [0.5, 0.6) is 0 Å². The second-order valence-corrected chi connectivity index (χ2v) is 5.71. The van der Waals surface area contributed by atoms with Gasteiger partial charge in [-0.3, -0.25) is 0 Å². The minimum atomic E-state index is -4.25. The minimum absolute atomic E-state index is 0.325. The average molecular weight is 287 g/mol. The van der Waals surface area contributed by atoms with Gasteiger partial charge >= 0.3 is 6.18 Å². The van der Waals surface area contributed by atoms with Gasteiger partial charge in [0.15, 0.2) is 0 Å². The van der Waals surface area contributed by atoms with E-state index in [1.165, 1.54) is 6.42 Å². The number of alkyl halides is 3. The molecular weight excluding hydrogens is 263 g/mol. The Morgan fingerprint density at radius 3 is 2.10 bits per heavy atom.